The van der Waals surface area contributed by atoms with Crippen molar-refractivity contribution in [3.8, 4) is 0 Å². The second kappa shape index (κ2) is 4.04. The van der Waals surface area contributed by atoms with E-state index in [1.807, 2.05) is 0 Å². The number of hydrogen-bond acceptors (Lipinski definition) is 3. The van der Waals surface area contributed by atoms with Gasteiger partial charge in [-0.25, -0.2) is 0 Å². The zero-order chi connectivity index (χ0) is 8.97. The highest BCUT2D eigenvalue weighted by Gasteiger charge is 2.14. The predicted octanol–water partition coefficient (Wildman–Crippen LogP) is 0.288. The van der Waals surface area contributed by atoms with E-state index in [0.717, 1.165) is 0 Å². The van der Waals surface area contributed by atoms with Crippen LogP contribution < -0.4 is 0 Å². The summed E-state index contributed by atoms with van der Waals surface area (Å²) >= 11 is 0. The predicted molar refractivity (Wildman–Crippen MR) is 43.6 cm³/mol. The van der Waals surface area contributed by atoms with E-state index in [2.05, 4.69) is 12.7 Å². The fourth-order valence-corrected chi connectivity index (χ4v) is 0.807. The third-order valence-corrected chi connectivity index (χ3v) is 1.41. The number of carbonyl (C=O) groups is 1. The van der Waals surface area contributed by atoms with Gasteiger partial charge in [0.1, 0.15) is 0 Å². The molecule has 0 aromatic heterocycles. The van der Waals surface area contributed by atoms with Crippen LogP contribution in [0.1, 0.15) is 10.4 Å². The zero-order valence-electron chi connectivity index (χ0n) is 6.31. The summed E-state index contributed by atoms with van der Waals surface area (Å²) in [6, 6.07) is 8.30. The summed E-state index contributed by atoms with van der Waals surface area (Å²) in [6.07, 6.45) is -1.58. The first kappa shape index (κ1) is 8.97. The lowest BCUT2D eigenvalue weighted by Gasteiger charge is -2.06. The van der Waals surface area contributed by atoms with E-state index in [-0.39, 0.29) is 0 Å². The van der Waals surface area contributed by atoms with Crippen molar-refractivity contribution in [3.05, 3.63) is 35.9 Å². The lowest BCUT2D eigenvalue weighted by atomic mass is 10.1. The Morgan fingerprint density at radius 2 is 2.00 bits per heavy atom. The number of hydrogen-bond donors (Lipinski definition) is 1. The Labute approximate surface area is 71.4 Å². The Balaban J connectivity index is 2.79. The van der Waals surface area contributed by atoms with Crippen LogP contribution >= 0.6 is 0 Å². The van der Waals surface area contributed by atoms with Gasteiger partial charge in [0.05, 0.1) is 0 Å². The molecule has 4 heteroatoms. The third kappa shape index (κ3) is 1.93. The molecular formula is C8H7BO3. The van der Waals surface area contributed by atoms with Crippen LogP contribution in [0.5, 0.6) is 0 Å². The maximum absolute atomic E-state index is 11.1. The lowest BCUT2D eigenvalue weighted by Crippen LogP contribution is -2.22. The Kier molecular flexibility index (Phi) is 3.02. The molecule has 0 aliphatic carbocycles. The average Bonchev–Trinajstić information content (AvgIpc) is 2.17. The molecule has 0 aliphatic heterocycles. The molecule has 0 fully saturated rings. The van der Waals surface area contributed by atoms with Gasteiger partial charge in [-0.3, -0.25) is 4.79 Å². The molecule has 1 aromatic rings. The average molecular weight is 162 g/mol. The molecule has 0 aliphatic rings. The Bertz CT molecular complexity index is 260. The fraction of sp³-hybridized carbons (Fsp3) is 0.125. The van der Waals surface area contributed by atoms with Gasteiger partial charge in [-0.1, -0.05) is 30.3 Å². The number of benzene rings is 1. The van der Waals surface area contributed by atoms with Gasteiger partial charge in [-0.2, -0.15) is 0 Å². The van der Waals surface area contributed by atoms with Gasteiger partial charge < -0.3 is 9.76 Å². The molecule has 0 amide bonds. The molecule has 0 saturated heterocycles. The summed E-state index contributed by atoms with van der Waals surface area (Å²) in [7, 11) is 4.64. The van der Waals surface area contributed by atoms with Crippen molar-refractivity contribution < 1.29 is 14.6 Å². The lowest BCUT2D eigenvalue weighted by molar-refractivity contribution is 0.00155. The second-order valence-corrected chi connectivity index (χ2v) is 2.22. The number of aliphatic hydroxyl groups is 1. The minimum absolute atomic E-state index is 0.371. The van der Waals surface area contributed by atoms with Gasteiger partial charge in [-0.05, 0) is 0 Å². The zero-order valence-corrected chi connectivity index (χ0v) is 6.31. The van der Waals surface area contributed by atoms with Crippen molar-refractivity contribution >= 4 is 13.8 Å². The van der Waals surface area contributed by atoms with Crippen LogP contribution in [0.4, 0.5) is 0 Å². The topological polar surface area (TPSA) is 46.5 Å². The monoisotopic (exact) mass is 162 g/mol. The standard InChI is InChI=1S/C8H7BO3/c9-12-8(11)7(10)6-4-2-1-3-5-6/h1-5,8,11H. The van der Waals surface area contributed by atoms with E-state index in [4.69, 9.17) is 5.11 Å². The van der Waals surface area contributed by atoms with Crippen LogP contribution in [0.3, 0.4) is 0 Å². The second-order valence-electron chi connectivity index (χ2n) is 2.22. The molecule has 60 valence electrons. The summed E-state index contributed by atoms with van der Waals surface area (Å²) in [5.41, 5.74) is 0.371. The summed E-state index contributed by atoms with van der Waals surface area (Å²) in [6.45, 7) is 0. The molecule has 0 spiro atoms. The van der Waals surface area contributed by atoms with E-state index in [9.17, 15) is 4.79 Å². The molecular weight excluding hydrogens is 155 g/mol. The summed E-state index contributed by atoms with van der Waals surface area (Å²) in [4.78, 5) is 11.1. The molecule has 1 atom stereocenters. The molecule has 1 aromatic carbocycles. The van der Waals surface area contributed by atoms with Crippen molar-refractivity contribution in [2.45, 2.75) is 6.29 Å². The molecule has 0 saturated carbocycles. The first-order valence-electron chi connectivity index (χ1n) is 3.38. The number of carbonyl (C=O) groups excluding carboxylic acids is 1. The highest BCUT2D eigenvalue weighted by molar-refractivity contribution is 6.03. The first-order valence-corrected chi connectivity index (χ1v) is 3.38. The number of ketones is 1. The molecule has 1 unspecified atom stereocenters. The highest BCUT2D eigenvalue weighted by Crippen LogP contribution is 2.02. The number of aliphatic hydroxyl groups excluding tert-OH is 1. The molecule has 1 rings (SSSR count). The van der Waals surface area contributed by atoms with E-state index in [1.54, 1.807) is 30.3 Å². The van der Waals surface area contributed by atoms with Gasteiger partial charge >= 0.3 is 0 Å². The van der Waals surface area contributed by atoms with Crippen molar-refractivity contribution in [1.29, 1.82) is 0 Å². The highest BCUT2D eigenvalue weighted by atomic mass is 16.6. The van der Waals surface area contributed by atoms with Crippen molar-refractivity contribution in [3.63, 3.8) is 0 Å². The van der Waals surface area contributed by atoms with Crippen LogP contribution in [0.15, 0.2) is 30.3 Å². The number of Topliss-reactive ketones (excluding diaryl/α,β-unsaturated/α-hetero) is 1. The smallest absolute Gasteiger partial charge is 0.286 e. The van der Waals surface area contributed by atoms with Gasteiger partial charge in [0.2, 0.25) is 12.1 Å². The van der Waals surface area contributed by atoms with Gasteiger partial charge in [0.15, 0.2) is 0 Å². The van der Waals surface area contributed by atoms with Crippen LogP contribution in [-0.2, 0) is 4.65 Å². The molecule has 0 bridgehead atoms. The minimum Gasteiger partial charge on any atom is -0.419 e. The summed E-state index contributed by atoms with van der Waals surface area (Å²) in [5, 5.41) is 8.88. The summed E-state index contributed by atoms with van der Waals surface area (Å²) < 4.78 is 3.97. The summed E-state index contributed by atoms with van der Waals surface area (Å²) in [5.74, 6) is -0.543. The first-order chi connectivity index (χ1) is 5.75. The largest absolute Gasteiger partial charge is 0.419 e. The van der Waals surface area contributed by atoms with Crippen LogP contribution in [0.2, 0.25) is 0 Å². The number of rotatable bonds is 3. The van der Waals surface area contributed by atoms with Gasteiger partial charge in [0.25, 0.3) is 8.05 Å². The van der Waals surface area contributed by atoms with Crippen LogP contribution in [-0.4, -0.2) is 25.2 Å². The molecule has 1 N–H and O–H groups in total. The third-order valence-electron chi connectivity index (χ3n) is 1.41. The Morgan fingerprint density at radius 1 is 1.42 bits per heavy atom. The maximum atomic E-state index is 11.1. The van der Waals surface area contributed by atoms with Crippen molar-refractivity contribution in [2.75, 3.05) is 0 Å². The van der Waals surface area contributed by atoms with E-state index < -0.39 is 12.1 Å². The fourth-order valence-electron chi connectivity index (χ4n) is 0.807. The Hall–Kier alpha value is -1.13. The quantitative estimate of drug-likeness (QED) is 0.394. The van der Waals surface area contributed by atoms with E-state index in [0.29, 0.717) is 5.56 Å². The van der Waals surface area contributed by atoms with E-state index >= 15 is 0 Å². The Morgan fingerprint density at radius 3 is 2.50 bits per heavy atom. The molecule has 2 radical (unpaired) electrons. The van der Waals surface area contributed by atoms with Crippen LogP contribution in [0, 0.1) is 0 Å². The van der Waals surface area contributed by atoms with Crippen molar-refractivity contribution in [2.24, 2.45) is 0 Å². The molecule has 0 heterocycles. The van der Waals surface area contributed by atoms with E-state index in [1.165, 1.54) is 0 Å². The minimum atomic E-state index is -1.58. The van der Waals surface area contributed by atoms with Gasteiger partial charge in [0, 0.05) is 5.56 Å². The SMILES string of the molecule is [B]OC(O)C(=O)c1ccccc1. The van der Waals surface area contributed by atoms with Crippen molar-refractivity contribution in [1.82, 2.24) is 0 Å². The van der Waals surface area contributed by atoms with Gasteiger partial charge in [-0.15, -0.1) is 0 Å². The maximum Gasteiger partial charge on any atom is 0.286 e. The molecule has 3 nitrogen and oxygen atoms in total. The molecule has 12 heavy (non-hydrogen) atoms. The normalized spacial score (nSPS) is 12.4. The van der Waals surface area contributed by atoms with Crippen LogP contribution in [0.25, 0.3) is 0 Å².